The normalized spacial score (nSPS) is 12.5. The van der Waals surface area contributed by atoms with Gasteiger partial charge in [0.1, 0.15) is 17.2 Å². The Hall–Kier alpha value is -3.00. The minimum absolute atomic E-state index is 0.129. The maximum absolute atomic E-state index is 5.74. The lowest BCUT2D eigenvalue weighted by molar-refractivity contribution is 0.324. The minimum atomic E-state index is 0.129. The Morgan fingerprint density at radius 1 is 1.07 bits per heavy atom. The molecule has 0 aliphatic heterocycles. The fraction of sp³-hybridized carbons (Fsp3) is 0.364. The van der Waals surface area contributed by atoms with Gasteiger partial charge in [0.25, 0.3) is 0 Å². The Bertz CT molecular complexity index is 1100. The Balaban J connectivity index is 2.23. The van der Waals surface area contributed by atoms with Crippen molar-refractivity contribution >= 4 is 17.0 Å². The Morgan fingerprint density at radius 2 is 1.73 bits per heavy atom. The molecule has 8 heteroatoms. The van der Waals surface area contributed by atoms with E-state index >= 15 is 0 Å². The molecule has 0 atom stereocenters. The van der Waals surface area contributed by atoms with Gasteiger partial charge in [0, 0.05) is 17.0 Å². The monoisotopic (exact) mass is 429 g/mol. The summed E-state index contributed by atoms with van der Waals surface area (Å²) < 4.78 is 24.1. The van der Waals surface area contributed by atoms with E-state index in [4.69, 9.17) is 28.7 Å². The van der Waals surface area contributed by atoms with Crippen LogP contribution in [-0.4, -0.2) is 37.8 Å². The fourth-order valence-corrected chi connectivity index (χ4v) is 3.93. The van der Waals surface area contributed by atoms with Gasteiger partial charge in [0.05, 0.1) is 27.0 Å². The topological polar surface area (TPSA) is 70.5 Å². The summed E-state index contributed by atoms with van der Waals surface area (Å²) in [6.07, 6.45) is 0. The van der Waals surface area contributed by atoms with Crippen molar-refractivity contribution in [1.82, 2.24) is 4.68 Å². The molecule has 0 amide bonds. The molecule has 7 nitrogen and oxygen atoms in total. The second kappa shape index (κ2) is 9.21. The lowest BCUT2D eigenvalue weighted by atomic mass is 10.1. The summed E-state index contributed by atoms with van der Waals surface area (Å²) in [5.74, 6) is 3.26. The van der Waals surface area contributed by atoms with Crippen molar-refractivity contribution in [2.75, 3.05) is 21.3 Å². The van der Waals surface area contributed by atoms with E-state index in [1.807, 2.05) is 62.0 Å². The summed E-state index contributed by atoms with van der Waals surface area (Å²) >= 11 is 1.52. The summed E-state index contributed by atoms with van der Waals surface area (Å²) in [4.78, 5) is 5.52. The van der Waals surface area contributed by atoms with E-state index < -0.39 is 0 Å². The summed E-state index contributed by atoms with van der Waals surface area (Å²) in [7, 11) is 4.79. The maximum Gasteiger partial charge on any atom is 0.206 e. The number of aromatic nitrogens is 1. The molecule has 0 saturated heterocycles. The van der Waals surface area contributed by atoms with Gasteiger partial charge in [-0.1, -0.05) is 0 Å². The van der Waals surface area contributed by atoms with Gasteiger partial charge in [-0.3, -0.25) is 4.99 Å². The van der Waals surface area contributed by atoms with Gasteiger partial charge >= 0.3 is 0 Å². The van der Waals surface area contributed by atoms with Crippen molar-refractivity contribution in [3.05, 3.63) is 46.0 Å². The summed E-state index contributed by atoms with van der Waals surface area (Å²) in [5, 5.41) is 6.85. The molecule has 160 valence electrons. The molecule has 0 bridgehead atoms. The van der Waals surface area contributed by atoms with Crippen LogP contribution in [0.1, 0.15) is 32.3 Å². The van der Waals surface area contributed by atoms with E-state index in [1.54, 1.807) is 21.3 Å². The number of methoxy groups -OCH3 is 3. The zero-order chi connectivity index (χ0) is 21.8. The molecule has 0 aliphatic carbocycles. The number of furan rings is 1. The molecule has 2 aromatic heterocycles. The molecular formula is C22H27N3O4S. The van der Waals surface area contributed by atoms with Crippen LogP contribution in [0.25, 0.3) is 11.3 Å². The van der Waals surface area contributed by atoms with Crippen molar-refractivity contribution in [2.24, 2.45) is 10.1 Å². The molecule has 2 heterocycles. The van der Waals surface area contributed by atoms with E-state index in [2.05, 4.69) is 0 Å². The van der Waals surface area contributed by atoms with Crippen LogP contribution < -0.4 is 19.0 Å². The van der Waals surface area contributed by atoms with Gasteiger partial charge in [0.15, 0.2) is 11.5 Å². The lowest BCUT2D eigenvalue weighted by Gasteiger charge is -2.14. The minimum Gasteiger partial charge on any atom is -0.493 e. The number of nitrogens with zero attached hydrogens (tertiary/aromatic N) is 3. The average molecular weight is 430 g/mol. The SMILES string of the molecule is COc1cc(-c2csc(=NC(C)C)n2N=C(C)c2ccc(C)o2)cc(OC)c1OC. The van der Waals surface area contributed by atoms with E-state index in [1.165, 1.54) is 11.3 Å². The zero-order valence-corrected chi connectivity index (χ0v) is 19.2. The lowest BCUT2D eigenvalue weighted by Crippen LogP contribution is -2.16. The van der Waals surface area contributed by atoms with Crippen molar-refractivity contribution in [3.8, 4) is 28.5 Å². The van der Waals surface area contributed by atoms with Gasteiger partial charge in [-0.15, -0.1) is 11.3 Å². The van der Waals surface area contributed by atoms with Crippen molar-refractivity contribution < 1.29 is 18.6 Å². The van der Waals surface area contributed by atoms with Gasteiger partial charge in [-0.05, 0) is 52.0 Å². The van der Waals surface area contributed by atoms with Crippen molar-refractivity contribution in [2.45, 2.75) is 33.7 Å². The van der Waals surface area contributed by atoms with E-state index in [0.717, 1.165) is 33.3 Å². The first-order chi connectivity index (χ1) is 14.4. The Kier molecular flexibility index (Phi) is 6.66. The van der Waals surface area contributed by atoms with Crippen LogP contribution in [0.3, 0.4) is 0 Å². The molecule has 3 rings (SSSR count). The highest BCUT2D eigenvalue weighted by atomic mass is 32.1. The number of hydrogen-bond donors (Lipinski definition) is 0. The predicted molar refractivity (Wildman–Crippen MR) is 119 cm³/mol. The Labute approximate surface area is 180 Å². The first kappa shape index (κ1) is 21.7. The zero-order valence-electron chi connectivity index (χ0n) is 18.3. The molecule has 0 N–H and O–H groups in total. The molecule has 0 radical (unpaired) electrons. The first-order valence-electron chi connectivity index (χ1n) is 9.55. The molecular weight excluding hydrogens is 402 g/mol. The fourth-order valence-electron chi connectivity index (χ4n) is 2.96. The smallest absolute Gasteiger partial charge is 0.206 e. The third-order valence-corrected chi connectivity index (χ3v) is 5.19. The standard InChI is InChI=1S/C22H27N3O4S/c1-13(2)23-22-25(24-15(4)18-9-8-14(3)29-18)17(12-30-22)16-10-19(26-5)21(28-7)20(11-16)27-6/h8-13H,1-7H3. The second-order valence-electron chi connectivity index (χ2n) is 6.95. The van der Waals surface area contributed by atoms with Crippen LogP contribution in [0.15, 0.2) is 44.2 Å². The maximum atomic E-state index is 5.74. The third kappa shape index (κ3) is 4.43. The molecule has 0 fully saturated rings. The molecule has 0 unspecified atom stereocenters. The number of benzene rings is 1. The van der Waals surface area contributed by atoms with Crippen LogP contribution in [-0.2, 0) is 0 Å². The quantitative estimate of drug-likeness (QED) is 0.509. The van der Waals surface area contributed by atoms with Gasteiger partial charge in [-0.25, -0.2) is 4.68 Å². The summed E-state index contributed by atoms with van der Waals surface area (Å²) in [6, 6.07) is 7.78. The van der Waals surface area contributed by atoms with Crippen molar-refractivity contribution in [1.29, 1.82) is 0 Å². The second-order valence-corrected chi connectivity index (χ2v) is 7.78. The molecule has 0 saturated carbocycles. The molecule has 30 heavy (non-hydrogen) atoms. The molecule has 3 aromatic rings. The van der Waals surface area contributed by atoms with E-state index in [9.17, 15) is 0 Å². The predicted octanol–water partition coefficient (Wildman–Crippen LogP) is 4.73. The van der Waals surface area contributed by atoms with Crippen LogP contribution >= 0.6 is 11.3 Å². The van der Waals surface area contributed by atoms with Crippen LogP contribution in [0.2, 0.25) is 0 Å². The van der Waals surface area contributed by atoms with Gasteiger partial charge in [-0.2, -0.15) is 5.10 Å². The number of ether oxygens (including phenoxy) is 3. The molecule has 1 aromatic carbocycles. The summed E-state index contributed by atoms with van der Waals surface area (Å²) in [6.45, 7) is 7.90. The highest BCUT2D eigenvalue weighted by Gasteiger charge is 2.17. The number of aryl methyl sites for hydroxylation is 1. The molecule has 0 aliphatic rings. The number of thiazole rings is 1. The van der Waals surface area contributed by atoms with Crippen LogP contribution in [0.4, 0.5) is 0 Å². The van der Waals surface area contributed by atoms with Crippen molar-refractivity contribution in [3.63, 3.8) is 0 Å². The first-order valence-corrected chi connectivity index (χ1v) is 10.4. The van der Waals surface area contributed by atoms with Crippen LogP contribution in [0.5, 0.6) is 17.2 Å². The summed E-state index contributed by atoms with van der Waals surface area (Å²) in [5.41, 5.74) is 2.49. The highest BCUT2D eigenvalue weighted by molar-refractivity contribution is 7.07. The number of rotatable bonds is 7. The highest BCUT2D eigenvalue weighted by Crippen LogP contribution is 2.41. The largest absolute Gasteiger partial charge is 0.493 e. The molecule has 0 spiro atoms. The van der Waals surface area contributed by atoms with Gasteiger partial charge < -0.3 is 18.6 Å². The van der Waals surface area contributed by atoms with Crippen LogP contribution in [0, 0.1) is 6.92 Å². The van der Waals surface area contributed by atoms with Gasteiger partial charge in [0.2, 0.25) is 10.6 Å². The number of hydrogen-bond acceptors (Lipinski definition) is 7. The Morgan fingerprint density at radius 3 is 2.23 bits per heavy atom. The van der Waals surface area contributed by atoms with E-state index in [-0.39, 0.29) is 6.04 Å². The van der Waals surface area contributed by atoms with E-state index in [0.29, 0.717) is 17.2 Å². The average Bonchev–Trinajstić information content (AvgIpc) is 3.33. The third-order valence-electron chi connectivity index (χ3n) is 4.36.